The molecule has 5 aromatic heterocycles. The normalized spacial score (nSPS) is 11.4. The summed E-state index contributed by atoms with van der Waals surface area (Å²) in [6.45, 7) is 4.54. The zero-order valence-electron chi connectivity index (χ0n) is 33.6. The van der Waals surface area contributed by atoms with Crippen molar-refractivity contribution in [2.24, 2.45) is 0 Å². The largest absolute Gasteiger partial charge is 0.477 e. The molecule has 8 heteroatoms. The number of nitrogens with zero attached hydrogens (tertiary/aromatic N) is 1. The highest BCUT2D eigenvalue weighted by molar-refractivity contribution is 7.27. The van der Waals surface area contributed by atoms with Crippen molar-refractivity contribution in [3.8, 4) is 50.8 Å². The van der Waals surface area contributed by atoms with Crippen molar-refractivity contribution >= 4 is 79.7 Å². The van der Waals surface area contributed by atoms with E-state index in [0.717, 1.165) is 26.8 Å². The van der Waals surface area contributed by atoms with Crippen molar-refractivity contribution < 1.29 is 9.90 Å². The quantitative estimate of drug-likeness (QED) is 0.0823. The number of hydrogen-bond donors (Lipinski definition) is 1. The van der Waals surface area contributed by atoms with Crippen LogP contribution in [0.2, 0.25) is 0 Å². The Morgan fingerprint density at radius 3 is 1.17 bits per heavy atom. The van der Waals surface area contributed by atoms with E-state index in [1.165, 1.54) is 126 Å². The average molecular weight is 868 g/mol. The van der Waals surface area contributed by atoms with Gasteiger partial charge in [0.05, 0.1) is 0 Å². The minimum atomic E-state index is -0.877. The molecule has 0 atom stereocenters. The summed E-state index contributed by atoms with van der Waals surface area (Å²) in [4.78, 5) is 25.5. The van der Waals surface area contributed by atoms with Crippen LogP contribution in [0.4, 0.5) is 17.1 Å². The average Bonchev–Trinajstić information content (AvgIpc) is 4.12. The minimum absolute atomic E-state index is 0.366. The third-order valence-electron chi connectivity index (χ3n) is 10.6. The lowest BCUT2D eigenvalue weighted by molar-refractivity contribution is 0.0702. The van der Waals surface area contributed by atoms with Gasteiger partial charge in [-0.2, -0.15) is 0 Å². The molecule has 0 radical (unpaired) electrons. The van der Waals surface area contributed by atoms with Gasteiger partial charge in [-0.1, -0.05) is 88.8 Å². The van der Waals surface area contributed by atoms with Gasteiger partial charge in [0.25, 0.3) is 0 Å². The van der Waals surface area contributed by atoms with Gasteiger partial charge in [0, 0.05) is 61.0 Å². The number of carboxylic acids is 1. The molecule has 0 unspecified atom stereocenters. The second-order valence-corrected chi connectivity index (χ2v) is 20.5. The van der Waals surface area contributed by atoms with Crippen LogP contribution < -0.4 is 4.90 Å². The van der Waals surface area contributed by atoms with E-state index >= 15 is 0 Å². The molecule has 59 heavy (non-hydrogen) atoms. The highest BCUT2D eigenvalue weighted by Gasteiger charge is 2.16. The highest BCUT2D eigenvalue weighted by Crippen LogP contribution is 2.43. The SMILES string of the molecule is CCCCCCc1ccc(-c2ccc(N(c3ccc(-c4ccc(CCCCCC)s4)cc3)c3ccc(-c4ccc(-c5ccc(-c6ccc(C(=O)O)s6)s5)s4)cc3)cc2)s1. The fraction of sp³-hybridized carbons (Fsp3) is 0.235. The molecule has 0 aliphatic carbocycles. The number of rotatable bonds is 19. The van der Waals surface area contributed by atoms with Gasteiger partial charge in [-0.15, -0.1) is 56.7 Å². The first-order valence-corrected chi connectivity index (χ1v) is 24.9. The maximum absolute atomic E-state index is 11.4. The van der Waals surface area contributed by atoms with Gasteiger partial charge in [-0.25, -0.2) is 4.79 Å². The summed E-state index contributed by atoms with van der Waals surface area (Å²) in [5.41, 5.74) is 7.08. The first kappa shape index (κ1) is 41.2. The second kappa shape index (κ2) is 19.7. The first-order valence-electron chi connectivity index (χ1n) is 20.8. The molecule has 0 fully saturated rings. The zero-order valence-corrected chi connectivity index (χ0v) is 37.7. The van der Waals surface area contributed by atoms with E-state index in [-0.39, 0.29) is 0 Å². The first-order chi connectivity index (χ1) is 28.9. The Bertz CT molecular complexity index is 2470. The van der Waals surface area contributed by atoms with E-state index in [0.29, 0.717) is 4.88 Å². The van der Waals surface area contributed by atoms with Crippen LogP contribution in [0.15, 0.2) is 133 Å². The smallest absolute Gasteiger partial charge is 0.345 e. The number of unbranched alkanes of at least 4 members (excludes halogenated alkanes) is 6. The van der Waals surface area contributed by atoms with Crippen molar-refractivity contribution in [1.29, 1.82) is 0 Å². The van der Waals surface area contributed by atoms with Crippen LogP contribution in [-0.2, 0) is 12.8 Å². The van der Waals surface area contributed by atoms with Crippen LogP contribution in [0.3, 0.4) is 0 Å². The number of anilines is 3. The van der Waals surface area contributed by atoms with E-state index in [2.05, 4.69) is 140 Å². The predicted molar refractivity (Wildman–Crippen MR) is 260 cm³/mol. The Balaban J connectivity index is 1.03. The molecule has 0 aliphatic rings. The van der Waals surface area contributed by atoms with Gasteiger partial charge in [0.2, 0.25) is 0 Å². The number of hydrogen-bond acceptors (Lipinski definition) is 7. The van der Waals surface area contributed by atoms with Gasteiger partial charge in [0.1, 0.15) is 4.88 Å². The third kappa shape index (κ3) is 10.1. The monoisotopic (exact) mass is 867 g/mol. The molecular formula is C51H49NO2S5. The Labute approximate surface area is 368 Å². The van der Waals surface area contributed by atoms with Crippen molar-refractivity contribution in [3.05, 3.63) is 148 Å². The van der Waals surface area contributed by atoms with Crippen molar-refractivity contribution in [3.63, 3.8) is 0 Å². The van der Waals surface area contributed by atoms with Gasteiger partial charge < -0.3 is 10.0 Å². The van der Waals surface area contributed by atoms with Crippen molar-refractivity contribution in [1.82, 2.24) is 0 Å². The topological polar surface area (TPSA) is 40.5 Å². The number of carboxylic acid groups (broad SMARTS) is 1. The Kier molecular flexibility index (Phi) is 13.7. The molecule has 1 N–H and O–H groups in total. The molecule has 8 aromatic rings. The molecule has 0 aliphatic heterocycles. The Hall–Kier alpha value is -4.57. The molecule has 300 valence electrons. The molecule has 5 heterocycles. The minimum Gasteiger partial charge on any atom is -0.477 e. The fourth-order valence-electron chi connectivity index (χ4n) is 7.37. The number of thiophene rings is 5. The standard InChI is InChI=1S/C51H49NO2S5/c1-3-5-7-9-11-41-25-27-43(55-41)35-13-19-38(20-14-35)52(39-21-15-36(16-22-39)44-28-26-42(56-44)12-10-8-6-4-2)40-23-17-37(18-24-40)45-29-30-46(57-45)47-31-32-48(58-47)49-33-34-50(59-49)51(53)54/h13-34H,3-12H2,1-2H3,(H,53,54). The number of carbonyl (C=O) groups is 1. The van der Waals surface area contributed by atoms with Crippen molar-refractivity contribution in [2.45, 2.75) is 78.1 Å². The summed E-state index contributed by atoms with van der Waals surface area (Å²) in [7, 11) is 0. The van der Waals surface area contributed by atoms with Gasteiger partial charge in [-0.3, -0.25) is 0 Å². The lowest BCUT2D eigenvalue weighted by atomic mass is 10.1. The van der Waals surface area contributed by atoms with E-state index in [1.807, 2.05) is 28.7 Å². The maximum Gasteiger partial charge on any atom is 0.345 e. The van der Waals surface area contributed by atoms with Gasteiger partial charge in [0.15, 0.2) is 0 Å². The summed E-state index contributed by atoms with van der Waals surface area (Å²) in [5.74, 6) is -0.877. The second-order valence-electron chi connectivity index (χ2n) is 14.9. The summed E-state index contributed by atoms with van der Waals surface area (Å²) in [5, 5.41) is 9.38. The summed E-state index contributed by atoms with van der Waals surface area (Å²) >= 11 is 8.68. The van der Waals surface area contributed by atoms with Gasteiger partial charge in [-0.05, 0) is 139 Å². The molecule has 0 saturated heterocycles. The predicted octanol–water partition coefficient (Wildman–Crippen LogP) is 17.7. The van der Waals surface area contributed by atoms with Crippen LogP contribution in [0.25, 0.3) is 50.8 Å². The molecule has 0 amide bonds. The van der Waals surface area contributed by atoms with E-state index in [4.69, 9.17) is 0 Å². The molecule has 0 saturated carbocycles. The lowest BCUT2D eigenvalue weighted by Crippen LogP contribution is -2.09. The maximum atomic E-state index is 11.4. The summed E-state index contributed by atoms with van der Waals surface area (Å²) in [6, 6.07) is 48.6. The zero-order chi connectivity index (χ0) is 40.6. The number of aryl methyl sites for hydroxylation is 2. The fourth-order valence-corrected chi connectivity index (χ4v) is 12.5. The number of benzene rings is 3. The lowest BCUT2D eigenvalue weighted by Gasteiger charge is -2.26. The Morgan fingerprint density at radius 1 is 0.407 bits per heavy atom. The third-order valence-corrected chi connectivity index (χ3v) is 16.7. The van der Waals surface area contributed by atoms with E-state index < -0.39 is 5.97 Å². The van der Waals surface area contributed by atoms with Crippen LogP contribution in [-0.4, -0.2) is 11.1 Å². The molecule has 3 aromatic carbocycles. The van der Waals surface area contributed by atoms with Gasteiger partial charge >= 0.3 is 5.97 Å². The van der Waals surface area contributed by atoms with E-state index in [9.17, 15) is 9.90 Å². The molecule has 0 bridgehead atoms. The van der Waals surface area contributed by atoms with E-state index in [1.54, 1.807) is 28.7 Å². The van der Waals surface area contributed by atoms with Crippen LogP contribution in [0.1, 0.15) is 84.6 Å². The summed E-state index contributed by atoms with van der Waals surface area (Å²) in [6.07, 6.45) is 12.7. The van der Waals surface area contributed by atoms with Crippen LogP contribution in [0, 0.1) is 0 Å². The highest BCUT2D eigenvalue weighted by atomic mass is 32.1. The molecular weight excluding hydrogens is 819 g/mol. The Morgan fingerprint density at radius 2 is 0.763 bits per heavy atom. The molecule has 0 spiro atoms. The molecule has 8 rings (SSSR count). The van der Waals surface area contributed by atoms with Crippen molar-refractivity contribution in [2.75, 3.05) is 4.90 Å². The summed E-state index contributed by atoms with van der Waals surface area (Å²) < 4.78 is 0. The van der Waals surface area contributed by atoms with Crippen LogP contribution in [0.5, 0.6) is 0 Å². The van der Waals surface area contributed by atoms with Crippen LogP contribution >= 0.6 is 56.7 Å². The number of aromatic carboxylic acids is 1. The molecule has 3 nitrogen and oxygen atoms in total.